The average molecular weight is 765 g/mol. The van der Waals surface area contributed by atoms with Gasteiger partial charge in [0.05, 0.1) is 20.8 Å². The van der Waals surface area contributed by atoms with E-state index in [9.17, 15) is 0 Å². The van der Waals surface area contributed by atoms with Gasteiger partial charge in [-0.2, -0.15) is 0 Å². The topological polar surface area (TPSA) is 44.2 Å². The third-order valence-corrected chi connectivity index (χ3v) is 11.4. The predicted octanol–water partition coefficient (Wildman–Crippen LogP) is 13.1. The van der Waals surface area contributed by atoms with Crippen molar-refractivity contribution < 1.29 is 9.47 Å². The van der Waals surface area contributed by atoms with Crippen molar-refractivity contribution in [1.82, 2.24) is 9.97 Å². The predicted molar refractivity (Wildman–Crippen MR) is 197 cm³/mol. The van der Waals surface area contributed by atoms with E-state index < -0.39 is 0 Å². The fraction of sp³-hybridized carbons (Fsp3) is 0.556. The molecule has 0 radical (unpaired) electrons. The van der Waals surface area contributed by atoms with Crippen LogP contribution in [0.25, 0.3) is 31.9 Å². The first kappa shape index (κ1) is 35.4. The Labute approximate surface area is 289 Å². The number of ether oxygens (including phenoxy) is 2. The molecule has 0 aliphatic heterocycles. The molecular weight excluding hydrogens is 716 g/mol. The fourth-order valence-corrected chi connectivity index (χ4v) is 8.18. The summed E-state index contributed by atoms with van der Waals surface area (Å²) in [7, 11) is 0. The quantitative estimate of drug-likeness (QED) is 0.101. The van der Waals surface area contributed by atoms with E-state index in [1.54, 1.807) is 22.7 Å². The highest BCUT2D eigenvalue weighted by Crippen LogP contribution is 2.42. The van der Waals surface area contributed by atoms with Gasteiger partial charge in [0, 0.05) is 20.9 Å². The third kappa shape index (κ3) is 10.5. The van der Waals surface area contributed by atoms with E-state index in [0.717, 1.165) is 64.2 Å². The summed E-state index contributed by atoms with van der Waals surface area (Å²) in [6.07, 6.45) is 9.50. The second kappa shape index (κ2) is 17.4. The third-order valence-electron chi connectivity index (χ3n) is 8.09. The first-order valence-corrected chi connectivity index (χ1v) is 19.4. The standard InChI is InChI=1S/C36H48Br2N2O2S2/c1-23(2)9-7-11-25(5)19-21-41-35-36(42-22-20-26(6)12-8-10-24(3)4)40-34-28(30-16-18-32(38)44-30)14-13-27(33(34)39-35)29-15-17-31(37)43-29/h13-18,23-26H,7-12,19-22H2,1-6H3. The van der Waals surface area contributed by atoms with E-state index in [-0.39, 0.29) is 0 Å². The monoisotopic (exact) mass is 762 g/mol. The highest BCUT2D eigenvalue weighted by molar-refractivity contribution is 9.11. The van der Waals surface area contributed by atoms with Crippen LogP contribution in [0.1, 0.15) is 92.9 Å². The molecule has 2 atom stereocenters. The molecule has 0 saturated heterocycles. The van der Waals surface area contributed by atoms with Crippen LogP contribution in [0.4, 0.5) is 0 Å². The summed E-state index contributed by atoms with van der Waals surface area (Å²) in [6.45, 7) is 15.0. The number of rotatable bonds is 18. The van der Waals surface area contributed by atoms with Gasteiger partial charge in [-0.05, 0) is 92.6 Å². The van der Waals surface area contributed by atoms with Gasteiger partial charge in [0.2, 0.25) is 0 Å². The minimum atomic E-state index is 0.501. The first-order valence-electron chi connectivity index (χ1n) is 16.2. The van der Waals surface area contributed by atoms with Crippen molar-refractivity contribution in [3.63, 3.8) is 0 Å². The maximum atomic E-state index is 6.43. The summed E-state index contributed by atoms with van der Waals surface area (Å²) < 4.78 is 15.0. The number of thiophene rings is 2. The van der Waals surface area contributed by atoms with E-state index in [1.807, 2.05) is 0 Å². The molecule has 3 heterocycles. The Morgan fingerprint density at radius 3 is 1.32 bits per heavy atom. The van der Waals surface area contributed by atoms with Gasteiger partial charge in [-0.1, -0.05) is 92.2 Å². The SMILES string of the molecule is CC(C)CCCC(C)CCOc1nc2c(-c3ccc(Br)s3)ccc(-c3ccc(Br)s3)c2nc1OCCC(C)CCCC(C)C. The van der Waals surface area contributed by atoms with Crippen LogP contribution in [-0.2, 0) is 0 Å². The Morgan fingerprint density at radius 1 is 0.568 bits per heavy atom. The number of benzene rings is 1. The molecule has 0 fully saturated rings. The lowest BCUT2D eigenvalue weighted by molar-refractivity contribution is 0.225. The maximum absolute atomic E-state index is 6.43. The Bertz CT molecular complexity index is 1360. The number of hydrogen-bond donors (Lipinski definition) is 0. The number of halogens is 2. The molecule has 1 aromatic carbocycles. The van der Waals surface area contributed by atoms with Gasteiger partial charge < -0.3 is 9.47 Å². The van der Waals surface area contributed by atoms with Crippen LogP contribution in [0.15, 0.2) is 44.0 Å². The van der Waals surface area contributed by atoms with Gasteiger partial charge in [-0.3, -0.25) is 0 Å². The van der Waals surface area contributed by atoms with E-state index in [0.29, 0.717) is 36.8 Å². The molecule has 4 aromatic rings. The lowest BCUT2D eigenvalue weighted by atomic mass is 9.98. The number of hydrogen-bond acceptors (Lipinski definition) is 6. The molecule has 240 valence electrons. The van der Waals surface area contributed by atoms with Crippen LogP contribution < -0.4 is 9.47 Å². The number of fused-ring (bicyclic) bond motifs is 1. The first-order chi connectivity index (χ1) is 21.1. The van der Waals surface area contributed by atoms with E-state index >= 15 is 0 Å². The summed E-state index contributed by atoms with van der Waals surface area (Å²) in [5.41, 5.74) is 3.80. The van der Waals surface area contributed by atoms with Crippen molar-refractivity contribution >= 4 is 65.6 Å². The van der Waals surface area contributed by atoms with E-state index in [4.69, 9.17) is 19.4 Å². The largest absolute Gasteiger partial charge is 0.474 e. The van der Waals surface area contributed by atoms with Crippen LogP contribution in [0, 0.1) is 23.7 Å². The van der Waals surface area contributed by atoms with Crippen LogP contribution in [-0.4, -0.2) is 23.2 Å². The zero-order valence-corrected chi connectivity index (χ0v) is 31.9. The highest BCUT2D eigenvalue weighted by atomic mass is 79.9. The highest BCUT2D eigenvalue weighted by Gasteiger charge is 2.21. The summed E-state index contributed by atoms with van der Waals surface area (Å²) in [5, 5.41) is 0. The second-order valence-electron chi connectivity index (χ2n) is 13.0. The Hall–Kier alpha value is -1.48. The zero-order valence-electron chi connectivity index (χ0n) is 27.1. The molecule has 0 bridgehead atoms. The molecule has 2 unspecified atom stereocenters. The Morgan fingerprint density at radius 2 is 0.977 bits per heavy atom. The van der Waals surface area contributed by atoms with Gasteiger partial charge in [-0.15, -0.1) is 22.7 Å². The molecular formula is C36H48Br2N2O2S2. The molecule has 8 heteroatoms. The molecule has 0 amide bonds. The van der Waals surface area contributed by atoms with Gasteiger partial charge in [0.25, 0.3) is 11.8 Å². The molecule has 0 aliphatic carbocycles. The smallest absolute Gasteiger partial charge is 0.278 e. The molecule has 0 aliphatic rings. The van der Waals surface area contributed by atoms with Crippen LogP contribution in [0.2, 0.25) is 0 Å². The normalized spacial score (nSPS) is 13.2. The summed E-state index contributed by atoms with van der Waals surface area (Å²) in [6, 6.07) is 12.8. The zero-order chi connectivity index (χ0) is 31.6. The van der Waals surface area contributed by atoms with Gasteiger partial charge in [-0.25, -0.2) is 9.97 Å². The van der Waals surface area contributed by atoms with Crippen molar-refractivity contribution in [2.75, 3.05) is 13.2 Å². The molecule has 4 rings (SSSR count). The van der Waals surface area contributed by atoms with Crippen molar-refractivity contribution in [2.24, 2.45) is 23.7 Å². The molecule has 0 N–H and O–H groups in total. The minimum Gasteiger partial charge on any atom is -0.474 e. The van der Waals surface area contributed by atoms with Crippen molar-refractivity contribution in [3.05, 3.63) is 44.0 Å². The Balaban J connectivity index is 1.64. The lowest BCUT2D eigenvalue weighted by Gasteiger charge is -2.17. The molecule has 0 saturated carbocycles. The van der Waals surface area contributed by atoms with E-state index in [2.05, 4.69) is 110 Å². The van der Waals surface area contributed by atoms with Gasteiger partial charge in [0.1, 0.15) is 11.0 Å². The fourth-order valence-electron chi connectivity index (χ4n) is 5.36. The van der Waals surface area contributed by atoms with Crippen molar-refractivity contribution in [1.29, 1.82) is 0 Å². The van der Waals surface area contributed by atoms with Crippen LogP contribution in [0.5, 0.6) is 11.8 Å². The molecule has 3 aromatic heterocycles. The van der Waals surface area contributed by atoms with Crippen molar-refractivity contribution in [2.45, 2.75) is 92.9 Å². The van der Waals surface area contributed by atoms with Crippen LogP contribution >= 0.6 is 54.5 Å². The maximum Gasteiger partial charge on any atom is 0.278 e. The van der Waals surface area contributed by atoms with Gasteiger partial charge >= 0.3 is 0 Å². The number of nitrogens with zero attached hydrogens (tertiary/aromatic N) is 2. The number of aromatic nitrogens is 2. The van der Waals surface area contributed by atoms with Crippen molar-refractivity contribution in [3.8, 4) is 32.6 Å². The van der Waals surface area contributed by atoms with Gasteiger partial charge in [0.15, 0.2) is 0 Å². The minimum absolute atomic E-state index is 0.501. The average Bonchev–Trinajstić information content (AvgIpc) is 3.60. The summed E-state index contributed by atoms with van der Waals surface area (Å²) >= 11 is 10.7. The molecule has 4 nitrogen and oxygen atoms in total. The summed E-state index contributed by atoms with van der Waals surface area (Å²) in [5.74, 6) is 3.70. The van der Waals surface area contributed by atoms with E-state index in [1.165, 1.54) is 38.5 Å². The van der Waals surface area contributed by atoms with Crippen LogP contribution in [0.3, 0.4) is 0 Å². The Kier molecular flexibility index (Phi) is 14.0. The lowest BCUT2D eigenvalue weighted by Crippen LogP contribution is -2.10. The second-order valence-corrected chi connectivity index (χ2v) is 18.0. The molecule has 0 spiro atoms. The molecule has 44 heavy (non-hydrogen) atoms. The summed E-state index contributed by atoms with van der Waals surface area (Å²) in [4.78, 5) is 12.6.